The first kappa shape index (κ1) is 11.8. The van der Waals surface area contributed by atoms with Gasteiger partial charge < -0.3 is 10.1 Å². The molecule has 1 amide bonds. The number of rotatable bonds is 4. The van der Waals surface area contributed by atoms with Gasteiger partial charge in [0.25, 0.3) is 0 Å². The van der Waals surface area contributed by atoms with Crippen LogP contribution in [0.25, 0.3) is 0 Å². The number of amides is 1. The molecule has 2 unspecified atom stereocenters. The highest BCUT2D eigenvalue weighted by molar-refractivity contribution is 6.20. The summed E-state index contributed by atoms with van der Waals surface area (Å²) in [6, 6.07) is 0. The Bertz CT molecular complexity index is 181. The van der Waals surface area contributed by atoms with Gasteiger partial charge in [0.1, 0.15) is 0 Å². The van der Waals surface area contributed by atoms with E-state index in [0.29, 0.717) is 13.2 Å². The van der Waals surface area contributed by atoms with Crippen LogP contribution in [0.1, 0.15) is 26.2 Å². The summed E-state index contributed by atoms with van der Waals surface area (Å²) >= 11 is 5.90. The summed E-state index contributed by atoms with van der Waals surface area (Å²) in [5.74, 6) is 0.119. The minimum Gasteiger partial charge on any atom is -0.381 e. The molecular weight excluding hydrogens is 202 g/mol. The van der Waals surface area contributed by atoms with Gasteiger partial charge in [-0.1, -0.05) is 6.92 Å². The van der Waals surface area contributed by atoms with Crippen LogP contribution in [0.4, 0.5) is 0 Å². The lowest BCUT2D eigenvalue weighted by atomic mass is 10.0. The highest BCUT2D eigenvalue weighted by Gasteiger charge is 2.21. The van der Waals surface area contributed by atoms with Gasteiger partial charge in [-0.25, -0.2) is 0 Å². The first-order valence-corrected chi connectivity index (χ1v) is 5.67. The number of alkyl halides is 1. The highest BCUT2D eigenvalue weighted by atomic mass is 35.5. The Hall–Kier alpha value is -0.280. The number of carbonyl (C=O) groups is 1. The number of hydrogen-bond acceptors (Lipinski definition) is 2. The van der Waals surface area contributed by atoms with Crippen molar-refractivity contribution in [2.45, 2.75) is 31.6 Å². The molecule has 1 saturated heterocycles. The van der Waals surface area contributed by atoms with Gasteiger partial charge in [-0.15, -0.1) is 11.6 Å². The number of ether oxygens (including phenoxy) is 1. The maximum atomic E-state index is 11.6. The first-order chi connectivity index (χ1) is 6.74. The predicted molar refractivity (Wildman–Crippen MR) is 56.5 cm³/mol. The summed E-state index contributed by atoms with van der Waals surface area (Å²) in [6.07, 6.45) is 2.80. The van der Waals surface area contributed by atoms with E-state index in [4.69, 9.17) is 16.3 Å². The molecule has 1 aliphatic heterocycles. The Morgan fingerprint density at radius 2 is 2.50 bits per heavy atom. The Balaban J connectivity index is 2.19. The van der Waals surface area contributed by atoms with E-state index in [1.165, 1.54) is 0 Å². The van der Waals surface area contributed by atoms with Crippen LogP contribution in [-0.2, 0) is 9.53 Å². The van der Waals surface area contributed by atoms with Crippen LogP contribution in [0, 0.1) is 5.92 Å². The van der Waals surface area contributed by atoms with E-state index in [1.54, 1.807) is 0 Å². The molecular formula is C10H18ClNO2. The monoisotopic (exact) mass is 219 g/mol. The van der Waals surface area contributed by atoms with Crippen molar-refractivity contribution in [2.75, 3.05) is 19.8 Å². The summed E-state index contributed by atoms with van der Waals surface area (Å²) in [4.78, 5) is 11.6. The Labute approximate surface area is 90.1 Å². The van der Waals surface area contributed by atoms with Crippen LogP contribution < -0.4 is 5.32 Å². The zero-order chi connectivity index (χ0) is 10.4. The second-order valence-corrected chi connectivity index (χ2v) is 4.28. The summed E-state index contributed by atoms with van der Waals surface area (Å²) in [5, 5.41) is 2.90. The smallest absolute Gasteiger partial charge is 0.225 e. The van der Waals surface area contributed by atoms with Gasteiger partial charge in [0, 0.05) is 13.2 Å². The maximum absolute atomic E-state index is 11.6. The van der Waals surface area contributed by atoms with Crippen molar-refractivity contribution in [3.05, 3.63) is 0 Å². The van der Waals surface area contributed by atoms with Crippen LogP contribution in [0.2, 0.25) is 0 Å². The van der Waals surface area contributed by atoms with E-state index < -0.39 is 0 Å². The molecule has 0 radical (unpaired) electrons. The average Bonchev–Trinajstić information content (AvgIpc) is 2.26. The molecule has 4 heteroatoms. The van der Waals surface area contributed by atoms with Crippen LogP contribution in [0.5, 0.6) is 0 Å². The van der Waals surface area contributed by atoms with Crippen LogP contribution in [-0.4, -0.2) is 31.0 Å². The second-order valence-electron chi connectivity index (χ2n) is 3.66. The van der Waals surface area contributed by atoms with Crippen molar-refractivity contribution in [3.63, 3.8) is 0 Å². The zero-order valence-corrected chi connectivity index (χ0v) is 9.35. The van der Waals surface area contributed by atoms with Gasteiger partial charge in [-0.3, -0.25) is 4.79 Å². The molecule has 0 aromatic rings. The van der Waals surface area contributed by atoms with Crippen molar-refractivity contribution < 1.29 is 9.53 Å². The maximum Gasteiger partial charge on any atom is 0.225 e. The topological polar surface area (TPSA) is 38.3 Å². The molecule has 0 aromatic heterocycles. The molecule has 2 atom stereocenters. The van der Waals surface area contributed by atoms with Crippen LogP contribution in [0.15, 0.2) is 0 Å². The first-order valence-electron chi connectivity index (χ1n) is 5.23. The number of halogens is 1. The van der Waals surface area contributed by atoms with E-state index in [1.807, 2.05) is 6.92 Å². The lowest BCUT2D eigenvalue weighted by molar-refractivity contribution is -0.128. The molecule has 1 aliphatic rings. The third kappa shape index (κ3) is 3.84. The standard InChI is InChI=1S/C10H18ClNO2/c1-2-9(11)6-12-10(13)8-4-3-5-14-7-8/h8-9H,2-7H2,1H3,(H,12,13). The second kappa shape index (κ2) is 6.25. The average molecular weight is 220 g/mol. The van der Waals surface area contributed by atoms with Gasteiger partial charge in [0.2, 0.25) is 5.91 Å². The molecule has 1 N–H and O–H groups in total. The number of carbonyl (C=O) groups excluding carboxylic acids is 1. The minimum atomic E-state index is 0.0319. The Morgan fingerprint density at radius 3 is 3.07 bits per heavy atom. The normalized spacial score (nSPS) is 24.3. The van der Waals surface area contributed by atoms with Crippen LogP contribution in [0.3, 0.4) is 0 Å². The van der Waals surface area contributed by atoms with E-state index in [-0.39, 0.29) is 17.2 Å². The summed E-state index contributed by atoms with van der Waals surface area (Å²) < 4.78 is 5.24. The third-order valence-corrected chi connectivity index (χ3v) is 2.93. The molecule has 0 aliphatic carbocycles. The van der Waals surface area contributed by atoms with E-state index in [0.717, 1.165) is 25.9 Å². The SMILES string of the molecule is CCC(Cl)CNC(=O)C1CCCOC1. The Morgan fingerprint density at radius 1 is 1.71 bits per heavy atom. The molecule has 0 saturated carbocycles. The van der Waals surface area contributed by atoms with Crippen molar-refractivity contribution in [1.82, 2.24) is 5.32 Å². The summed E-state index contributed by atoms with van der Waals surface area (Å²) in [5.41, 5.74) is 0. The fourth-order valence-electron chi connectivity index (χ4n) is 1.45. The van der Waals surface area contributed by atoms with Crippen molar-refractivity contribution >= 4 is 17.5 Å². The Kier molecular flexibility index (Phi) is 5.26. The zero-order valence-electron chi connectivity index (χ0n) is 8.59. The predicted octanol–water partition coefficient (Wildman–Crippen LogP) is 1.55. The van der Waals surface area contributed by atoms with Gasteiger partial charge in [-0.05, 0) is 19.3 Å². The van der Waals surface area contributed by atoms with Gasteiger partial charge in [0.05, 0.1) is 17.9 Å². The number of hydrogen-bond donors (Lipinski definition) is 1. The van der Waals surface area contributed by atoms with Gasteiger partial charge in [0.15, 0.2) is 0 Å². The largest absolute Gasteiger partial charge is 0.381 e. The van der Waals surface area contributed by atoms with Crippen molar-refractivity contribution in [1.29, 1.82) is 0 Å². The van der Waals surface area contributed by atoms with E-state index in [2.05, 4.69) is 5.32 Å². The molecule has 14 heavy (non-hydrogen) atoms. The van der Waals surface area contributed by atoms with Gasteiger partial charge in [-0.2, -0.15) is 0 Å². The van der Waals surface area contributed by atoms with Gasteiger partial charge >= 0.3 is 0 Å². The van der Waals surface area contributed by atoms with E-state index in [9.17, 15) is 4.79 Å². The highest BCUT2D eigenvalue weighted by Crippen LogP contribution is 2.13. The molecule has 3 nitrogen and oxygen atoms in total. The summed E-state index contributed by atoms with van der Waals surface area (Å²) in [7, 11) is 0. The molecule has 1 rings (SSSR count). The minimum absolute atomic E-state index is 0.0319. The van der Waals surface area contributed by atoms with Crippen molar-refractivity contribution in [2.24, 2.45) is 5.92 Å². The number of nitrogens with one attached hydrogen (secondary N) is 1. The third-order valence-electron chi connectivity index (χ3n) is 2.47. The fraction of sp³-hybridized carbons (Fsp3) is 0.900. The van der Waals surface area contributed by atoms with E-state index >= 15 is 0 Å². The summed E-state index contributed by atoms with van der Waals surface area (Å²) in [6.45, 7) is 3.92. The lowest BCUT2D eigenvalue weighted by Crippen LogP contribution is -2.38. The molecule has 82 valence electrons. The van der Waals surface area contributed by atoms with Crippen LogP contribution >= 0.6 is 11.6 Å². The quantitative estimate of drug-likeness (QED) is 0.729. The fourth-order valence-corrected chi connectivity index (χ4v) is 1.52. The lowest BCUT2D eigenvalue weighted by Gasteiger charge is -2.21. The van der Waals surface area contributed by atoms with Crippen molar-refractivity contribution in [3.8, 4) is 0 Å². The molecule has 0 spiro atoms. The molecule has 0 bridgehead atoms. The molecule has 1 heterocycles. The molecule has 1 fully saturated rings. The molecule has 0 aromatic carbocycles.